The molecular weight excluding hydrogens is 637 g/mol. The van der Waals surface area contributed by atoms with Crippen molar-refractivity contribution in [3.05, 3.63) is 10.4 Å². The molecule has 0 bridgehead atoms. The van der Waals surface area contributed by atoms with E-state index in [9.17, 15) is 49.8 Å². The van der Waals surface area contributed by atoms with Crippen LogP contribution in [-0.4, -0.2) is 154 Å². The van der Waals surface area contributed by atoms with Gasteiger partial charge in [-0.05, 0) is 12.0 Å². The molecule has 0 aromatic carbocycles. The normalized spacial score (nSPS) is 32.1. The van der Waals surface area contributed by atoms with Crippen LogP contribution in [0.1, 0.15) is 26.7 Å². The van der Waals surface area contributed by atoms with Crippen LogP contribution < -0.4 is 45.3 Å². The minimum absolute atomic E-state index is 0. The number of hydrogen-bond acceptors (Lipinski definition) is 17. The van der Waals surface area contributed by atoms with Gasteiger partial charge in [-0.15, -0.1) is 0 Å². The Morgan fingerprint density at radius 2 is 1.80 bits per heavy atom. The van der Waals surface area contributed by atoms with Crippen LogP contribution in [0.15, 0.2) is 5.11 Å². The van der Waals surface area contributed by atoms with E-state index in [-0.39, 0.29) is 49.1 Å². The number of nitrogens with one attached hydrogen (secondary N) is 2. The number of carboxylic acid groups (broad SMARTS) is 1. The first kappa shape index (κ1) is 41.8. The second kappa shape index (κ2) is 19.6. The largest absolute Gasteiger partial charge is 1.00 e. The van der Waals surface area contributed by atoms with E-state index in [0.29, 0.717) is 0 Å². The van der Waals surface area contributed by atoms with Gasteiger partial charge in [0.05, 0.1) is 18.8 Å². The molecular formula is C24H38N5NaO16. The third-order valence-electron chi connectivity index (χ3n) is 6.84. The minimum Gasteiger partial charge on any atom is -0.544 e. The van der Waals surface area contributed by atoms with Crippen molar-refractivity contribution in [2.75, 3.05) is 33.0 Å². The summed E-state index contributed by atoms with van der Waals surface area (Å²) in [5.74, 6) is -7.55. The van der Waals surface area contributed by atoms with Gasteiger partial charge in [-0.2, -0.15) is 0 Å². The number of esters is 1. The molecule has 2 aliphatic rings. The van der Waals surface area contributed by atoms with E-state index in [1.807, 2.05) is 0 Å². The van der Waals surface area contributed by atoms with Crippen molar-refractivity contribution in [2.24, 2.45) is 5.11 Å². The number of carbonyl (C=O) groups excluding carboxylic acids is 4. The van der Waals surface area contributed by atoms with Crippen LogP contribution in [0.25, 0.3) is 10.4 Å². The molecule has 2 aliphatic heterocycles. The molecule has 2 rings (SSSR count). The molecule has 0 aliphatic carbocycles. The molecule has 2 heterocycles. The van der Waals surface area contributed by atoms with Crippen molar-refractivity contribution in [3.8, 4) is 0 Å². The maximum Gasteiger partial charge on any atom is 1.00 e. The molecule has 2 fully saturated rings. The summed E-state index contributed by atoms with van der Waals surface area (Å²) in [6.07, 6.45) is -15.2. The summed E-state index contributed by atoms with van der Waals surface area (Å²) in [7, 11) is 0. The molecule has 0 spiro atoms. The molecule has 2 amide bonds. The second-order valence-electron chi connectivity index (χ2n) is 10.2. The SMILES string of the molecule is CC(=O)N[C@H]1[C@@H](OCCCN=[N+]=[N-])O[C@H](CO[C@]2(C(=O)[O-])C[C@H](O)[C@@H](NC(=O)CO)[C@H]([C@H](O)[C@H](O)COC(C)=O)O2)[C@H](O)[C@@H]1O.[Na+]. The molecule has 0 aromatic rings. The number of nitrogens with zero attached hydrogens (tertiary/aromatic N) is 3. The number of hydrogen-bond donors (Lipinski definition) is 8. The van der Waals surface area contributed by atoms with E-state index in [1.165, 1.54) is 0 Å². The molecule has 0 unspecified atom stereocenters. The first-order chi connectivity index (χ1) is 21.2. The molecule has 11 atom stereocenters. The first-order valence-corrected chi connectivity index (χ1v) is 13.7. The predicted octanol–water partition coefficient (Wildman–Crippen LogP) is -8.97. The Morgan fingerprint density at radius 1 is 1.13 bits per heavy atom. The van der Waals surface area contributed by atoms with Crippen molar-refractivity contribution in [1.82, 2.24) is 10.6 Å². The molecule has 8 N–H and O–H groups in total. The molecule has 0 radical (unpaired) electrons. The van der Waals surface area contributed by atoms with Crippen LogP contribution in [0, 0.1) is 0 Å². The van der Waals surface area contributed by atoms with Gasteiger partial charge in [-0.25, -0.2) is 0 Å². The fourth-order valence-electron chi connectivity index (χ4n) is 4.65. The second-order valence-corrected chi connectivity index (χ2v) is 10.2. The van der Waals surface area contributed by atoms with Gasteiger partial charge in [0.25, 0.3) is 0 Å². The zero-order valence-electron chi connectivity index (χ0n) is 25.3. The van der Waals surface area contributed by atoms with E-state index < -0.39 is 117 Å². The van der Waals surface area contributed by atoms with Gasteiger partial charge in [0, 0.05) is 38.3 Å². The number of aliphatic carboxylic acids is 1. The van der Waals surface area contributed by atoms with Gasteiger partial charge < -0.3 is 74.9 Å². The Bertz CT molecular complexity index is 1090. The van der Waals surface area contributed by atoms with Crippen LogP contribution >= 0.6 is 0 Å². The summed E-state index contributed by atoms with van der Waals surface area (Å²) in [6, 6.07) is -2.94. The predicted molar refractivity (Wildman–Crippen MR) is 140 cm³/mol. The van der Waals surface area contributed by atoms with Crippen LogP contribution in [0.2, 0.25) is 0 Å². The molecule has 46 heavy (non-hydrogen) atoms. The Morgan fingerprint density at radius 3 is 2.37 bits per heavy atom. The number of amides is 2. The zero-order chi connectivity index (χ0) is 33.9. The number of aliphatic hydroxyl groups excluding tert-OH is 6. The zero-order valence-corrected chi connectivity index (χ0v) is 27.3. The minimum atomic E-state index is -2.93. The molecule has 22 heteroatoms. The van der Waals surface area contributed by atoms with Gasteiger partial charge in [-0.3, -0.25) is 14.4 Å². The van der Waals surface area contributed by atoms with Gasteiger partial charge in [0.15, 0.2) is 6.29 Å². The van der Waals surface area contributed by atoms with Gasteiger partial charge in [-0.1, -0.05) is 5.11 Å². The summed E-state index contributed by atoms with van der Waals surface area (Å²) in [6.45, 7) is -0.672. The Kier molecular flexibility index (Phi) is 17.8. The summed E-state index contributed by atoms with van der Waals surface area (Å²) in [5.41, 5.74) is 8.40. The average Bonchev–Trinajstić information content (AvgIpc) is 2.98. The van der Waals surface area contributed by atoms with E-state index in [0.717, 1.165) is 13.8 Å². The maximum atomic E-state index is 12.4. The van der Waals surface area contributed by atoms with E-state index in [2.05, 4.69) is 25.4 Å². The Hall–Kier alpha value is -2.21. The smallest absolute Gasteiger partial charge is 0.544 e. The Balaban J connectivity index is 0.0000106. The third-order valence-corrected chi connectivity index (χ3v) is 6.84. The third kappa shape index (κ3) is 11.5. The molecule has 0 saturated carbocycles. The monoisotopic (exact) mass is 675 g/mol. The number of azide groups is 1. The van der Waals surface area contributed by atoms with E-state index in [1.54, 1.807) is 0 Å². The number of carbonyl (C=O) groups is 4. The van der Waals surface area contributed by atoms with E-state index in [4.69, 9.17) is 29.6 Å². The number of ether oxygens (including phenoxy) is 5. The van der Waals surface area contributed by atoms with Gasteiger partial charge >= 0.3 is 35.5 Å². The molecule has 21 nitrogen and oxygen atoms in total. The molecule has 2 saturated heterocycles. The number of carboxylic acids is 1. The molecule has 256 valence electrons. The summed E-state index contributed by atoms with van der Waals surface area (Å²) in [5, 5.41) is 82.8. The van der Waals surface area contributed by atoms with Gasteiger partial charge in [0.1, 0.15) is 61.8 Å². The first-order valence-electron chi connectivity index (χ1n) is 13.7. The summed E-state index contributed by atoms with van der Waals surface area (Å²) >= 11 is 0. The van der Waals surface area contributed by atoms with Crippen molar-refractivity contribution >= 4 is 23.8 Å². The van der Waals surface area contributed by atoms with E-state index >= 15 is 0 Å². The quantitative estimate of drug-likeness (QED) is 0.0188. The van der Waals surface area contributed by atoms with Crippen LogP contribution in [0.5, 0.6) is 0 Å². The standard InChI is InChI=1S/C24H39N5O16.Na/c1-10(31)27-17-20(38)19(37)14(44-22(17)41-5-3-4-26-29-25)9-43-24(23(39)40)6-12(33)16(28-15(35)7-30)21(45-24)18(36)13(34)8-42-11(2)32;/h12-14,16-22,30,33-34,36-38H,3-9H2,1-2H3,(H,27,31)(H,28,35)(H,39,40);/q;+1/p-1/t12-,13+,14+,16+,17+,18+,19-,20+,21+,22-,24+;/m0./s1. The summed E-state index contributed by atoms with van der Waals surface area (Å²) in [4.78, 5) is 49.7. The van der Waals surface area contributed by atoms with Crippen molar-refractivity contribution in [2.45, 2.75) is 93.6 Å². The topological polar surface area (TPSA) is 332 Å². The van der Waals surface area contributed by atoms with Crippen molar-refractivity contribution in [3.63, 3.8) is 0 Å². The molecule has 0 aromatic heterocycles. The van der Waals surface area contributed by atoms with Gasteiger partial charge in [0.2, 0.25) is 17.6 Å². The maximum absolute atomic E-state index is 12.4. The van der Waals surface area contributed by atoms with Crippen LogP contribution in [-0.2, 0) is 42.9 Å². The van der Waals surface area contributed by atoms with Crippen molar-refractivity contribution < 1.29 is 108 Å². The average molecular weight is 676 g/mol. The summed E-state index contributed by atoms with van der Waals surface area (Å²) < 4.78 is 26.8. The number of aliphatic hydroxyl groups is 6. The van der Waals surface area contributed by atoms with Crippen LogP contribution in [0.4, 0.5) is 0 Å². The van der Waals surface area contributed by atoms with Crippen molar-refractivity contribution in [1.29, 1.82) is 0 Å². The van der Waals surface area contributed by atoms with Crippen LogP contribution in [0.3, 0.4) is 0 Å². The fourth-order valence-corrected chi connectivity index (χ4v) is 4.65. The Labute approximate surface area is 284 Å². The number of rotatable bonds is 16. The fraction of sp³-hybridized carbons (Fsp3) is 0.833.